The van der Waals surface area contributed by atoms with Crippen LogP contribution in [0.15, 0.2) is 38.6 Å². The van der Waals surface area contributed by atoms with E-state index in [0.717, 1.165) is 37.0 Å². The maximum absolute atomic E-state index is 12.2. The molecule has 0 saturated heterocycles. The largest absolute Gasteiger partial charge is 0.504 e. The highest BCUT2D eigenvalue weighted by Crippen LogP contribution is 2.35. The number of aromatic hydroxyl groups is 1. The number of hydrogen-bond acceptors (Lipinski definition) is 8. The molecule has 1 unspecified atom stereocenters. The summed E-state index contributed by atoms with van der Waals surface area (Å²) in [4.78, 5) is 41.8. The fraction of sp³-hybridized carbons (Fsp3) is 0.333. The molecule has 2 heterocycles. The Labute approximate surface area is 172 Å². The summed E-state index contributed by atoms with van der Waals surface area (Å²) in [6.45, 7) is 0. The van der Waals surface area contributed by atoms with Crippen molar-refractivity contribution < 1.29 is 14.3 Å². The van der Waals surface area contributed by atoms with Crippen LogP contribution in [0.2, 0.25) is 0 Å². The zero-order chi connectivity index (χ0) is 21.4. The standard InChI is InChI=1S/C21H22N4O5/c1-25(2)21(29)16-17(26)12(7-9-22-16)23-14-15(19(28)18(14)27)24-13-6-4-3-5-11-8-10-30-20(11)13/h7-10,13,24,26H,3-6H2,1-2H3,(H,22,23). The molecule has 1 aromatic carbocycles. The minimum absolute atomic E-state index is 0.0436. The van der Waals surface area contributed by atoms with Crippen molar-refractivity contribution in [2.75, 3.05) is 24.7 Å². The maximum Gasteiger partial charge on any atom is 0.275 e. The van der Waals surface area contributed by atoms with Crippen LogP contribution in [0, 0.1) is 0 Å². The van der Waals surface area contributed by atoms with Gasteiger partial charge in [0.05, 0.1) is 18.0 Å². The third-order valence-electron chi connectivity index (χ3n) is 5.31. The van der Waals surface area contributed by atoms with Crippen molar-refractivity contribution in [1.82, 2.24) is 9.88 Å². The maximum atomic E-state index is 12.2. The number of carbonyl (C=O) groups excluding carboxylic acids is 1. The summed E-state index contributed by atoms with van der Waals surface area (Å²) in [6.07, 6.45) is 6.63. The van der Waals surface area contributed by atoms with E-state index >= 15 is 0 Å². The van der Waals surface area contributed by atoms with Gasteiger partial charge in [-0.2, -0.15) is 0 Å². The van der Waals surface area contributed by atoms with E-state index in [9.17, 15) is 19.5 Å². The van der Waals surface area contributed by atoms with Crippen LogP contribution >= 0.6 is 0 Å². The van der Waals surface area contributed by atoms with E-state index in [1.807, 2.05) is 6.07 Å². The Balaban J connectivity index is 1.63. The number of nitrogens with zero attached hydrogens (tertiary/aromatic N) is 2. The molecule has 0 aliphatic heterocycles. The Morgan fingerprint density at radius 1 is 1.20 bits per heavy atom. The Morgan fingerprint density at radius 3 is 2.73 bits per heavy atom. The van der Waals surface area contributed by atoms with Crippen molar-refractivity contribution in [3.05, 3.63) is 62.1 Å². The van der Waals surface area contributed by atoms with Crippen LogP contribution in [0.25, 0.3) is 0 Å². The normalized spacial score (nSPS) is 16.0. The first kappa shape index (κ1) is 19.7. The third kappa shape index (κ3) is 3.32. The van der Waals surface area contributed by atoms with Crippen LogP contribution in [0.3, 0.4) is 0 Å². The lowest BCUT2D eigenvalue weighted by atomic mass is 10.1. The quantitative estimate of drug-likeness (QED) is 0.432. The Kier molecular flexibility index (Phi) is 5.03. The molecule has 30 heavy (non-hydrogen) atoms. The van der Waals surface area contributed by atoms with Gasteiger partial charge in [-0.05, 0) is 37.0 Å². The van der Waals surface area contributed by atoms with Gasteiger partial charge in [0.2, 0.25) is 0 Å². The first-order chi connectivity index (χ1) is 14.4. The van der Waals surface area contributed by atoms with Crippen molar-refractivity contribution in [3.63, 3.8) is 0 Å². The molecule has 2 aromatic heterocycles. The monoisotopic (exact) mass is 410 g/mol. The van der Waals surface area contributed by atoms with Crippen molar-refractivity contribution >= 4 is 23.0 Å². The smallest absolute Gasteiger partial charge is 0.275 e. The minimum atomic E-state index is -0.692. The molecule has 0 spiro atoms. The predicted octanol–water partition coefficient (Wildman–Crippen LogP) is 2.30. The fourth-order valence-electron chi connectivity index (χ4n) is 3.67. The molecule has 0 saturated carbocycles. The molecule has 3 aromatic rings. The molecule has 1 aliphatic rings. The number of pyridine rings is 1. The molecular formula is C21H22N4O5. The molecule has 4 rings (SSSR count). The molecule has 1 aliphatic carbocycles. The Hall–Kier alpha value is -3.62. The minimum Gasteiger partial charge on any atom is -0.504 e. The van der Waals surface area contributed by atoms with Gasteiger partial charge < -0.3 is 25.1 Å². The number of fused-ring (bicyclic) bond motifs is 1. The van der Waals surface area contributed by atoms with Gasteiger partial charge in [0.1, 0.15) is 17.1 Å². The highest BCUT2D eigenvalue weighted by molar-refractivity contribution is 5.97. The van der Waals surface area contributed by atoms with Gasteiger partial charge in [0.15, 0.2) is 11.4 Å². The molecule has 0 bridgehead atoms. The summed E-state index contributed by atoms with van der Waals surface area (Å²) in [5.41, 5.74) is -0.0764. The highest BCUT2D eigenvalue weighted by Gasteiger charge is 2.29. The number of aryl methyl sites for hydroxylation is 1. The van der Waals surface area contributed by atoms with Crippen molar-refractivity contribution in [2.24, 2.45) is 0 Å². The van der Waals surface area contributed by atoms with Crippen molar-refractivity contribution in [1.29, 1.82) is 0 Å². The van der Waals surface area contributed by atoms with Gasteiger partial charge in [-0.25, -0.2) is 4.98 Å². The second kappa shape index (κ2) is 7.66. The van der Waals surface area contributed by atoms with Crippen LogP contribution in [-0.4, -0.2) is 35.0 Å². The molecule has 3 N–H and O–H groups in total. The van der Waals surface area contributed by atoms with Crippen molar-refractivity contribution in [3.8, 4) is 5.75 Å². The van der Waals surface area contributed by atoms with Crippen LogP contribution in [0.5, 0.6) is 5.75 Å². The van der Waals surface area contributed by atoms with E-state index in [1.165, 1.54) is 31.3 Å². The van der Waals surface area contributed by atoms with E-state index in [1.54, 1.807) is 6.26 Å². The summed E-state index contributed by atoms with van der Waals surface area (Å²) in [6, 6.07) is 3.13. The molecule has 156 valence electrons. The number of amides is 1. The zero-order valence-corrected chi connectivity index (χ0v) is 16.7. The number of carbonyl (C=O) groups is 1. The molecule has 9 heteroatoms. The van der Waals surface area contributed by atoms with Crippen LogP contribution in [-0.2, 0) is 6.42 Å². The third-order valence-corrected chi connectivity index (χ3v) is 5.31. The second-order valence-electron chi connectivity index (χ2n) is 7.54. The average molecular weight is 410 g/mol. The SMILES string of the molecule is CN(C)C(=O)c1nccc(Nc2c(NC3CCCCc4ccoc43)c(=O)c2=O)c1O. The van der Waals surface area contributed by atoms with Gasteiger partial charge in [-0.15, -0.1) is 0 Å². The van der Waals surface area contributed by atoms with E-state index < -0.39 is 22.5 Å². The van der Waals surface area contributed by atoms with E-state index in [2.05, 4.69) is 15.6 Å². The summed E-state index contributed by atoms with van der Waals surface area (Å²) < 4.78 is 5.63. The Morgan fingerprint density at radius 2 is 1.97 bits per heavy atom. The summed E-state index contributed by atoms with van der Waals surface area (Å²) >= 11 is 0. The predicted molar refractivity (Wildman–Crippen MR) is 111 cm³/mol. The van der Waals surface area contributed by atoms with Gasteiger partial charge >= 0.3 is 0 Å². The fourth-order valence-corrected chi connectivity index (χ4v) is 3.67. The Bertz CT molecular complexity index is 1170. The number of aromatic nitrogens is 1. The number of furan rings is 1. The first-order valence-electron chi connectivity index (χ1n) is 9.71. The summed E-state index contributed by atoms with van der Waals surface area (Å²) in [5, 5.41) is 16.4. The lowest BCUT2D eigenvalue weighted by Gasteiger charge is -2.21. The lowest BCUT2D eigenvalue weighted by Crippen LogP contribution is -2.37. The van der Waals surface area contributed by atoms with Gasteiger partial charge in [-0.3, -0.25) is 14.4 Å². The number of hydrogen-bond donors (Lipinski definition) is 3. The first-order valence-corrected chi connectivity index (χ1v) is 9.71. The van der Waals surface area contributed by atoms with Gasteiger partial charge in [0, 0.05) is 20.3 Å². The molecule has 1 atom stereocenters. The molecular weight excluding hydrogens is 388 g/mol. The zero-order valence-electron chi connectivity index (χ0n) is 16.7. The number of nitrogens with one attached hydrogen (secondary N) is 2. The van der Waals surface area contributed by atoms with E-state index in [-0.39, 0.29) is 28.8 Å². The van der Waals surface area contributed by atoms with Crippen molar-refractivity contribution in [2.45, 2.75) is 31.7 Å². The molecule has 0 fully saturated rings. The van der Waals surface area contributed by atoms with Crippen LogP contribution in [0.4, 0.5) is 17.1 Å². The van der Waals surface area contributed by atoms with Gasteiger partial charge in [0.25, 0.3) is 16.8 Å². The summed E-state index contributed by atoms with van der Waals surface area (Å²) in [7, 11) is 3.08. The average Bonchev–Trinajstić information content (AvgIpc) is 3.12. The van der Waals surface area contributed by atoms with E-state index in [4.69, 9.17) is 4.42 Å². The lowest BCUT2D eigenvalue weighted by molar-refractivity contribution is 0.0819. The molecule has 0 radical (unpaired) electrons. The number of rotatable bonds is 5. The second-order valence-corrected chi connectivity index (χ2v) is 7.54. The van der Waals surface area contributed by atoms with Crippen LogP contribution < -0.4 is 21.5 Å². The topological polar surface area (TPSA) is 125 Å². The van der Waals surface area contributed by atoms with Crippen LogP contribution in [0.1, 0.15) is 47.1 Å². The highest BCUT2D eigenvalue weighted by atomic mass is 16.3. The van der Waals surface area contributed by atoms with E-state index in [0.29, 0.717) is 0 Å². The summed E-state index contributed by atoms with van der Waals surface area (Å²) in [5.74, 6) is -0.0987. The number of anilines is 3. The molecule has 1 amide bonds. The molecule has 9 nitrogen and oxygen atoms in total. The van der Waals surface area contributed by atoms with Gasteiger partial charge in [-0.1, -0.05) is 6.42 Å².